The fourth-order valence-corrected chi connectivity index (χ4v) is 0.767. The number of nitrogens with one attached hydrogen (secondary N) is 2. The molecule has 0 aromatic rings. The first-order chi connectivity index (χ1) is 4.63. The Morgan fingerprint density at radius 1 is 1.00 bits per heavy atom. The second-order valence-electron chi connectivity index (χ2n) is 1.46. The van der Waals surface area contributed by atoms with Gasteiger partial charge in [-0.15, -0.1) is 25.3 Å². The first-order valence-electron chi connectivity index (χ1n) is 2.56. The molecule has 0 atom stereocenters. The molecule has 0 radical (unpaired) electrons. The molecule has 2 nitrogen and oxygen atoms in total. The lowest BCUT2D eigenvalue weighted by atomic mass is 10.6. The van der Waals surface area contributed by atoms with Crippen molar-refractivity contribution in [1.82, 2.24) is 10.6 Å². The Morgan fingerprint density at radius 3 is 1.45 bits per heavy atom. The molecule has 0 saturated carbocycles. The highest BCUT2D eigenvalue weighted by Crippen LogP contribution is 1.77. The Hall–Kier alpha value is 0.480. The molecule has 0 amide bonds. The molecule has 0 bridgehead atoms. The minimum absolute atomic E-state index is 0. The van der Waals surface area contributed by atoms with Gasteiger partial charge < -0.3 is 10.6 Å². The van der Waals surface area contributed by atoms with Crippen molar-refractivity contribution >= 4 is 58.3 Å². The van der Waals surface area contributed by atoms with E-state index in [9.17, 15) is 0 Å². The van der Waals surface area contributed by atoms with Crippen molar-refractivity contribution in [2.45, 2.75) is 7.43 Å². The van der Waals surface area contributed by atoms with E-state index in [0.717, 1.165) is 0 Å². The van der Waals surface area contributed by atoms with Crippen molar-refractivity contribution in [3.8, 4) is 0 Å². The van der Waals surface area contributed by atoms with Gasteiger partial charge in [0.05, 0.1) is 0 Å². The summed E-state index contributed by atoms with van der Waals surface area (Å²) in [6.07, 6.45) is 0. The van der Waals surface area contributed by atoms with Gasteiger partial charge in [-0.05, 0) is 0 Å². The smallest absolute Gasteiger partial charge is 0.130 e. The maximum Gasteiger partial charge on any atom is 0.130 e. The summed E-state index contributed by atoms with van der Waals surface area (Å²) in [5.41, 5.74) is 0. The molecule has 0 saturated heterocycles. The van der Waals surface area contributed by atoms with E-state index in [2.05, 4.69) is 60.3 Å². The lowest BCUT2D eigenvalue weighted by Gasteiger charge is -2.03. The average molecular weight is 228 g/mol. The molecule has 0 aromatic carbocycles. The van der Waals surface area contributed by atoms with Gasteiger partial charge in [-0.25, -0.2) is 0 Å². The molecule has 6 heteroatoms. The van der Waals surface area contributed by atoms with Crippen LogP contribution in [0.15, 0.2) is 0 Å². The molecule has 0 aromatic heterocycles. The summed E-state index contributed by atoms with van der Waals surface area (Å²) in [6.45, 7) is 1.42. The van der Waals surface area contributed by atoms with Crippen LogP contribution in [0.1, 0.15) is 7.43 Å². The summed E-state index contributed by atoms with van der Waals surface area (Å²) in [4.78, 5) is 0. The summed E-state index contributed by atoms with van der Waals surface area (Å²) < 4.78 is 0.985. The lowest BCUT2D eigenvalue weighted by Crippen LogP contribution is -2.29. The van der Waals surface area contributed by atoms with Gasteiger partial charge in [0.1, 0.15) is 8.64 Å². The molecule has 66 valence electrons. The highest BCUT2D eigenvalue weighted by atomic mass is 32.1. The molecule has 0 spiro atoms. The zero-order valence-electron chi connectivity index (χ0n) is 5.13. The van der Waals surface area contributed by atoms with Crippen molar-refractivity contribution in [2.75, 3.05) is 13.1 Å². The van der Waals surface area contributed by atoms with Crippen molar-refractivity contribution < 1.29 is 0 Å². The molecule has 0 aliphatic carbocycles. The number of hydrogen-bond acceptors (Lipinski definition) is 2. The largest absolute Gasteiger partial charge is 0.369 e. The van der Waals surface area contributed by atoms with Crippen LogP contribution < -0.4 is 10.6 Å². The highest BCUT2D eigenvalue weighted by Gasteiger charge is 1.87. The Labute approximate surface area is 89.3 Å². The number of thiol groups is 2. The van der Waals surface area contributed by atoms with Gasteiger partial charge in [-0.1, -0.05) is 31.9 Å². The van der Waals surface area contributed by atoms with Crippen LogP contribution in [0.2, 0.25) is 0 Å². The first-order valence-corrected chi connectivity index (χ1v) is 4.27. The van der Waals surface area contributed by atoms with Crippen molar-refractivity contribution in [2.24, 2.45) is 0 Å². The van der Waals surface area contributed by atoms with Crippen LogP contribution in [-0.2, 0) is 0 Å². The van der Waals surface area contributed by atoms with Crippen LogP contribution in [0.4, 0.5) is 0 Å². The van der Waals surface area contributed by atoms with Crippen molar-refractivity contribution in [3.63, 3.8) is 0 Å². The highest BCUT2D eigenvalue weighted by molar-refractivity contribution is 8.11. The van der Waals surface area contributed by atoms with Gasteiger partial charge in [0.2, 0.25) is 0 Å². The third kappa shape index (κ3) is 13.5. The van der Waals surface area contributed by atoms with E-state index in [1.807, 2.05) is 0 Å². The van der Waals surface area contributed by atoms with E-state index in [1.54, 1.807) is 0 Å². The molecule has 11 heavy (non-hydrogen) atoms. The van der Waals surface area contributed by atoms with Crippen LogP contribution in [-0.4, -0.2) is 21.7 Å². The third-order valence-corrected chi connectivity index (χ3v) is 1.28. The van der Waals surface area contributed by atoms with Crippen LogP contribution >= 0.6 is 49.7 Å². The fourth-order valence-electron chi connectivity index (χ4n) is 0.339. The molecule has 0 aliphatic rings. The van der Waals surface area contributed by atoms with Crippen LogP contribution in [0.25, 0.3) is 0 Å². The van der Waals surface area contributed by atoms with Gasteiger partial charge in [0.15, 0.2) is 0 Å². The van der Waals surface area contributed by atoms with E-state index >= 15 is 0 Å². The Bertz CT molecular complexity index is 120. The molecule has 0 fully saturated rings. The van der Waals surface area contributed by atoms with E-state index in [4.69, 9.17) is 0 Å². The molecule has 0 unspecified atom stereocenters. The monoisotopic (exact) mass is 228 g/mol. The summed E-state index contributed by atoms with van der Waals surface area (Å²) in [6, 6.07) is 0. The van der Waals surface area contributed by atoms with Crippen molar-refractivity contribution in [1.29, 1.82) is 0 Å². The molecular formula is C5H12N2S4. The van der Waals surface area contributed by atoms with E-state index in [-0.39, 0.29) is 7.43 Å². The summed E-state index contributed by atoms with van der Waals surface area (Å²) in [5, 5.41) is 5.68. The predicted octanol–water partition coefficient (Wildman–Crippen LogP) is 1.23. The van der Waals surface area contributed by atoms with Crippen LogP contribution in [0.5, 0.6) is 0 Å². The summed E-state index contributed by atoms with van der Waals surface area (Å²) >= 11 is 17.0. The fraction of sp³-hybridized carbons (Fsp3) is 0.600. The first kappa shape index (κ1) is 14.0. The molecular weight excluding hydrogens is 216 g/mol. The van der Waals surface area contributed by atoms with E-state index in [1.165, 1.54) is 0 Å². The van der Waals surface area contributed by atoms with Gasteiger partial charge in [-0.2, -0.15) is 0 Å². The van der Waals surface area contributed by atoms with E-state index < -0.39 is 0 Å². The zero-order valence-corrected chi connectivity index (χ0v) is 8.55. The van der Waals surface area contributed by atoms with Crippen LogP contribution in [0, 0.1) is 0 Å². The number of rotatable bonds is 3. The third-order valence-electron chi connectivity index (χ3n) is 0.677. The van der Waals surface area contributed by atoms with E-state index in [0.29, 0.717) is 21.7 Å². The minimum atomic E-state index is 0. The maximum absolute atomic E-state index is 4.65. The molecule has 0 rings (SSSR count). The molecule has 0 aliphatic heterocycles. The van der Waals surface area contributed by atoms with Crippen molar-refractivity contribution in [3.05, 3.63) is 0 Å². The summed E-state index contributed by atoms with van der Waals surface area (Å²) in [5.74, 6) is 0. The quantitative estimate of drug-likeness (QED) is 0.332. The van der Waals surface area contributed by atoms with Gasteiger partial charge >= 0.3 is 0 Å². The van der Waals surface area contributed by atoms with Gasteiger partial charge in [0.25, 0.3) is 0 Å². The SMILES string of the molecule is C.S=C(S)NCCNC(=S)S. The topological polar surface area (TPSA) is 24.1 Å². The lowest BCUT2D eigenvalue weighted by molar-refractivity contribution is 0.834. The standard InChI is InChI=1S/C4H8N2S4.CH4/c7-3(8)5-1-2-6-4(9)10;/h1-2H2,(H2,5,7,8)(H2,6,9,10);1H4. The Kier molecular flexibility index (Phi) is 10.9. The zero-order chi connectivity index (χ0) is 7.98. The van der Waals surface area contributed by atoms with Crippen LogP contribution in [0.3, 0.4) is 0 Å². The van der Waals surface area contributed by atoms with Gasteiger partial charge in [0, 0.05) is 13.1 Å². The Morgan fingerprint density at radius 2 is 1.27 bits per heavy atom. The second-order valence-corrected chi connectivity index (χ2v) is 3.78. The molecule has 2 N–H and O–H groups in total. The minimum Gasteiger partial charge on any atom is -0.369 e. The number of hydrogen-bond donors (Lipinski definition) is 4. The number of thiocarbonyl (C=S) groups is 2. The normalized spacial score (nSPS) is 7.82. The Balaban J connectivity index is 0. The maximum atomic E-state index is 4.65. The van der Waals surface area contributed by atoms with Gasteiger partial charge in [-0.3, -0.25) is 0 Å². The second kappa shape index (κ2) is 8.58. The average Bonchev–Trinajstić information content (AvgIpc) is 1.79. The summed E-state index contributed by atoms with van der Waals surface area (Å²) in [7, 11) is 0. The predicted molar refractivity (Wildman–Crippen MR) is 65.9 cm³/mol. The molecule has 0 heterocycles.